The number of carbonyl (C=O) groups excluding carboxylic acids is 2. The van der Waals surface area contributed by atoms with E-state index in [0.717, 1.165) is 0 Å². The Labute approximate surface area is 94.1 Å². The Balaban J connectivity index is 3.52. The van der Waals surface area contributed by atoms with E-state index in [9.17, 15) is 9.59 Å². The summed E-state index contributed by atoms with van der Waals surface area (Å²) in [5, 5.41) is 2.44. The molecule has 0 heterocycles. The summed E-state index contributed by atoms with van der Waals surface area (Å²) >= 11 is 5.19. The zero-order valence-corrected chi connectivity index (χ0v) is 9.89. The van der Waals surface area contributed by atoms with Crippen molar-refractivity contribution in [1.82, 2.24) is 5.32 Å². The van der Waals surface area contributed by atoms with Gasteiger partial charge >= 0.3 is 12.1 Å². The number of rotatable bonds is 4. The molecule has 15 heavy (non-hydrogen) atoms. The highest BCUT2D eigenvalue weighted by atomic mass is 35.5. The number of nitrogens with one attached hydrogen (secondary N) is 1. The van der Waals surface area contributed by atoms with Crippen molar-refractivity contribution in [1.29, 1.82) is 0 Å². The predicted octanol–water partition coefficient (Wildman–Crippen LogP) is 1.29. The minimum absolute atomic E-state index is 0.0881. The van der Waals surface area contributed by atoms with Gasteiger partial charge in [0.1, 0.15) is 18.1 Å². The quantitative estimate of drug-likeness (QED) is 0.455. The van der Waals surface area contributed by atoms with Gasteiger partial charge in [-0.25, -0.2) is 4.79 Å². The molecule has 0 spiro atoms. The molecular weight excluding hydrogens is 222 g/mol. The van der Waals surface area contributed by atoms with Crippen LogP contribution in [-0.4, -0.2) is 36.7 Å². The van der Waals surface area contributed by atoms with Gasteiger partial charge in [0.15, 0.2) is 0 Å². The van der Waals surface area contributed by atoms with Crippen LogP contribution in [0.25, 0.3) is 0 Å². The van der Waals surface area contributed by atoms with Crippen LogP contribution in [0.1, 0.15) is 20.8 Å². The van der Waals surface area contributed by atoms with E-state index in [4.69, 9.17) is 16.3 Å². The molecule has 6 heteroatoms. The second kappa shape index (κ2) is 6.50. The summed E-state index contributed by atoms with van der Waals surface area (Å²) < 4.78 is 9.59. The number of alkyl halides is 1. The number of hydrogen-bond donors (Lipinski definition) is 1. The maximum absolute atomic E-state index is 11.1. The van der Waals surface area contributed by atoms with Gasteiger partial charge in [-0.05, 0) is 20.8 Å². The standard InChI is InChI=1S/C9H16ClNO4/c1-9(2,3)15-8(13)11-4-5-14-7(12)6-10/h4-6H2,1-3H3,(H,11,13). The van der Waals surface area contributed by atoms with Gasteiger partial charge in [-0.1, -0.05) is 0 Å². The zero-order valence-electron chi connectivity index (χ0n) is 9.13. The fourth-order valence-electron chi connectivity index (χ4n) is 0.671. The molecule has 0 fully saturated rings. The molecule has 0 atom stereocenters. The minimum Gasteiger partial charge on any atom is -0.463 e. The molecule has 0 aliphatic carbocycles. The van der Waals surface area contributed by atoms with Crippen LogP contribution in [0.4, 0.5) is 4.79 Å². The second-order valence-corrected chi connectivity index (χ2v) is 4.05. The molecule has 0 bridgehead atoms. The SMILES string of the molecule is CC(C)(C)OC(=O)NCCOC(=O)CCl. The van der Waals surface area contributed by atoms with Gasteiger partial charge in [0.05, 0.1) is 6.54 Å². The van der Waals surface area contributed by atoms with Crippen LogP contribution >= 0.6 is 11.6 Å². The van der Waals surface area contributed by atoms with Gasteiger partial charge in [0, 0.05) is 0 Å². The van der Waals surface area contributed by atoms with Crippen molar-refractivity contribution in [2.24, 2.45) is 0 Å². The second-order valence-electron chi connectivity index (χ2n) is 3.78. The van der Waals surface area contributed by atoms with Gasteiger partial charge in [-0.2, -0.15) is 0 Å². The third-order valence-electron chi connectivity index (χ3n) is 1.14. The first-order valence-corrected chi connectivity index (χ1v) is 5.07. The number of carbonyl (C=O) groups is 2. The van der Waals surface area contributed by atoms with Crippen LogP contribution in [0, 0.1) is 0 Å². The molecule has 88 valence electrons. The van der Waals surface area contributed by atoms with Gasteiger partial charge < -0.3 is 14.8 Å². The molecule has 0 aliphatic heterocycles. The summed E-state index contributed by atoms with van der Waals surface area (Å²) in [6.07, 6.45) is -0.538. The number of hydrogen-bond acceptors (Lipinski definition) is 4. The smallest absolute Gasteiger partial charge is 0.407 e. The lowest BCUT2D eigenvalue weighted by atomic mass is 10.2. The molecular formula is C9H16ClNO4. The fourth-order valence-corrected chi connectivity index (χ4v) is 0.748. The van der Waals surface area contributed by atoms with Crippen molar-refractivity contribution in [3.05, 3.63) is 0 Å². The predicted molar refractivity (Wildman–Crippen MR) is 55.9 cm³/mol. The first-order valence-electron chi connectivity index (χ1n) is 4.53. The van der Waals surface area contributed by atoms with E-state index in [2.05, 4.69) is 10.1 Å². The summed E-state index contributed by atoms with van der Waals surface area (Å²) in [6.45, 7) is 5.59. The Morgan fingerprint density at radius 2 is 1.93 bits per heavy atom. The molecule has 1 amide bonds. The molecule has 0 aromatic heterocycles. The molecule has 1 N–H and O–H groups in total. The number of amides is 1. The van der Waals surface area contributed by atoms with E-state index >= 15 is 0 Å². The first-order chi connectivity index (χ1) is 6.85. The van der Waals surface area contributed by atoms with Crippen molar-refractivity contribution in [2.45, 2.75) is 26.4 Å². The van der Waals surface area contributed by atoms with Gasteiger partial charge in [-0.15, -0.1) is 11.6 Å². The fraction of sp³-hybridized carbons (Fsp3) is 0.778. The number of halogens is 1. The molecule has 0 rings (SSSR count). The molecule has 0 radical (unpaired) electrons. The van der Waals surface area contributed by atoms with Crippen LogP contribution in [0.2, 0.25) is 0 Å². The van der Waals surface area contributed by atoms with Gasteiger partial charge in [0.25, 0.3) is 0 Å². The lowest BCUT2D eigenvalue weighted by molar-refractivity contribution is -0.140. The molecule has 0 saturated heterocycles. The van der Waals surface area contributed by atoms with Gasteiger partial charge in [0.2, 0.25) is 0 Å². The van der Waals surface area contributed by atoms with Crippen molar-refractivity contribution >= 4 is 23.7 Å². The highest BCUT2D eigenvalue weighted by Gasteiger charge is 2.15. The van der Waals surface area contributed by atoms with Gasteiger partial charge in [-0.3, -0.25) is 4.79 Å². The van der Waals surface area contributed by atoms with Crippen molar-refractivity contribution in [3.63, 3.8) is 0 Å². The molecule has 0 unspecified atom stereocenters. The summed E-state index contributed by atoms with van der Waals surface area (Å²) in [7, 11) is 0. The third-order valence-corrected chi connectivity index (χ3v) is 1.36. The maximum atomic E-state index is 11.1. The maximum Gasteiger partial charge on any atom is 0.407 e. The molecule has 0 aromatic carbocycles. The molecule has 5 nitrogen and oxygen atoms in total. The van der Waals surface area contributed by atoms with Crippen molar-refractivity contribution in [3.8, 4) is 0 Å². The summed E-state index contributed by atoms with van der Waals surface area (Å²) in [4.78, 5) is 21.7. The molecule has 0 saturated carbocycles. The summed E-state index contributed by atoms with van der Waals surface area (Å²) in [6, 6.07) is 0. The Hall–Kier alpha value is -0.970. The van der Waals surface area contributed by atoms with Crippen LogP contribution in [0.15, 0.2) is 0 Å². The topological polar surface area (TPSA) is 64.6 Å². The minimum atomic E-state index is -0.538. The third kappa shape index (κ3) is 9.34. The van der Waals surface area contributed by atoms with E-state index in [1.165, 1.54) is 0 Å². The lowest BCUT2D eigenvalue weighted by Crippen LogP contribution is -2.34. The van der Waals surface area contributed by atoms with E-state index < -0.39 is 17.7 Å². The van der Waals surface area contributed by atoms with E-state index in [-0.39, 0.29) is 19.0 Å². The molecule has 0 aliphatic rings. The highest BCUT2D eigenvalue weighted by Crippen LogP contribution is 2.05. The summed E-state index contributed by atoms with van der Waals surface area (Å²) in [5.74, 6) is -0.699. The van der Waals surface area contributed by atoms with E-state index in [1.807, 2.05) is 0 Å². The van der Waals surface area contributed by atoms with Crippen LogP contribution in [0.3, 0.4) is 0 Å². The Morgan fingerprint density at radius 1 is 1.33 bits per heavy atom. The number of esters is 1. The van der Waals surface area contributed by atoms with E-state index in [0.29, 0.717) is 0 Å². The van der Waals surface area contributed by atoms with Crippen LogP contribution in [0.5, 0.6) is 0 Å². The first kappa shape index (κ1) is 14.0. The van der Waals surface area contributed by atoms with Crippen LogP contribution < -0.4 is 5.32 Å². The Kier molecular flexibility index (Phi) is 6.08. The monoisotopic (exact) mass is 237 g/mol. The normalized spacial score (nSPS) is 10.7. The number of alkyl carbamates (subject to hydrolysis) is 1. The van der Waals surface area contributed by atoms with Crippen molar-refractivity contribution in [2.75, 3.05) is 19.0 Å². The Bertz CT molecular complexity index is 225. The Morgan fingerprint density at radius 3 is 2.40 bits per heavy atom. The number of ether oxygens (including phenoxy) is 2. The lowest BCUT2D eigenvalue weighted by Gasteiger charge is -2.19. The van der Waals surface area contributed by atoms with Crippen molar-refractivity contribution < 1.29 is 19.1 Å². The van der Waals surface area contributed by atoms with E-state index in [1.54, 1.807) is 20.8 Å². The average molecular weight is 238 g/mol. The zero-order chi connectivity index (χ0) is 11.9. The largest absolute Gasteiger partial charge is 0.463 e. The molecule has 0 aromatic rings. The highest BCUT2D eigenvalue weighted by molar-refractivity contribution is 6.26. The van der Waals surface area contributed by atoms with Crippen LogP contribution in [-0.2, 0) is 14.3 Å². The average Bonchev–Trinajstić information content (AvgIpc) is 2.09. The summed E-state index contributed by atoms with van der Waals surface area (Å²) in [5.41, 5.74) is -0.531.